The van der Waals surface area contributed by atoms with Gasteiger partial charge >= 0.3 is 0 Å². The molecular weight excluding hydrogens is 366 g/mol. The second-order valence-electron chi connectivity index (χ2n) is 6.66. The van der Waals surface area contributed by atoms with Crippen LogP contribution in [-0.2, 0) is 9.53 Å². The maximum absolute atomic E-state index is 12.6. The number of nitrogens with zero attached hydrogens (tertiary/aromatic N) is 2. The van der Waals surface area contributed by atoms with E-state index in [4.69, 9.17) is 9.47 Å². The molecule has 6 nitrogen and oxygen atoms in total. The number of amides is 1. The Morgan fingerprint density at radius 1 is 1.21 bits per heavy atom. The molecule has 0 spiro atoms. The van der Waals surface area contributed by atoms with Crippen molar-refractivity contribution in [3.8, 4) is 11.8 Å². The first-order valence-electron chi connectivity index (χ1n) is 9.79. The third-order valence-electron chi connectivity index (χ3n) is 4.55. The molecule has 0 aliphatic carbocycles. The quantitative estimate of drug-likeness (QED) is 0.573. The zero-order chi connectivity index (χ0) is 20.5. The highest BCUT2D eigenvalue weighted by Crippen LogP contribution is 2.23. The number of morpholine rings is 1. The van der Waals surface area contributed by atoms with Gasteiger partial charge in [0.15, 0.2) is 0 Å². The number of nitrogens with one attached hydrogen (secondary N) is 1. The lowest BCUT2D eigenvalue weighted by molar-refractivity contribution is -0.112. The molecule has 1 saturated heterocycles. The Kier molecular flexibility index (Phi) is 7.26. The van der Waals surface area contributed by atoms with Crippen molar-refractivity contribution in [2.24, 2.45) is 0 Å². The highest BCUT2D eigenvalue weighted by atomic mass is 16.5. The molecule has 6 heteroatoms. The van der Waals surface area contributed by atoms with E-state index in [0.717, 1.165) is 38.4 Å². The second kappa shape index (κ2) is 10.3. The summed E-state index contributed by atoms with van der Waals surface area (Å²) in [6, 6.07) is 17.0. The lowest BCUT2D eigenvalue weighted by Gasteiger charge is -2.28. The molecule has 1 N–H and O–H groups in total. The third kappa shape index (κ3) is 5.59. The predicted octanol–water partition coefficient (Wildman–Crippen LogP) is 3.86. The van der Waals surface area contributed by atoms with Crippen molar-refractivity contribution < 1.29 is 14.3 Å². The number of rotatable bonds is 7. The Labute approximate surface area is 171 Å². The molecule has 0 saturated carbocycles. The topological polar surface area (TPSA) is 74.6 Å². The summed E-state index contributed by atoms with van der Waals surface area (Å²) in [5.41, 5.74) is 2.46. The Bertz CT molecular complexity index is 894. The normalized spacial score (nSPS) is 14.2. The van der Waals surface area contributed by atoms with E-state index >= 15 is 0 Å². The molecule has 0 unspecified atom stereocenters. The van der Waals surface area contributed by atoms with Gasteiger partial charge < -0.3 is 19.7 Å². The van der Waals surface area contributed by atoms with E-state index in [1.807, 2.05) is 61.5 Å². The zero-order valence-corrected chi connectivity index (χ0v) is 16.6. The van der Waals surface area contributed by atoms with Crippen LogP contribution in [0.15, 0.2) is 54.1 Å². The highest BCUT2D eigenvalue weighted by molar-refractivity contribution is 6.09. The molecule has 0 aromatic heterocycles. The van der Waals surface area contributed by atoms with Gasteiger partial charge in [-0.3, -0.25) is 4.79 Å². The van der Waals surface area contributed by atoms with Crippen molar-refractivity contribution >= 4 is 23.4 Å². The van der Waals surface area contributed by atoms with Gasteiger partial charge in [0.1, 0.15) is 17.4 Å². The third-order valence-corrected chi connectivity index (χ3v) is 4.55. The van der Waals surface area contributed by atoms with Crippen LogP contribution in [0, 0.1) is 11.3 Å². The summed E-state index contributed by atoms with van der Waals surface area (Å²) in [5, 5.41) is 12.3. The molecule has 150 valence electrons. The van der Waals surface area contributed by atoms with Crippen molar-refractivity contribution in [2.75, 3.05) is 43.1 Å². The van der Waals surface area contributed by atoms with Crippen LogP contribution in [0.4, 0.5) is 11.4 Å². The van der Waals surface area contributed by atoms with Gasteiger partial charge in [-0.15, -0.1) is 0 Å². The zero-order valence-electron chi connectivity index (χ0n) is 16.6. The van der Waals surface area contributed by atoms with Gasteiger partial charge in [-0.05, 0) is 42.8 Å². The van der Waals surface area contributed by atoms with Gasteiger partial charge in [-0.2, -0.15) is 5.26 Å². The molecule has 29 heavy (non-hydrogen) atoms. The molecule has 2 aromatic carbocycles. The monoisotopic (exact) mass is 391 g/mol. The molecule has 0 bridgehead atoms. The van der Waals surface area contributed by atoms with Gasteiger partial charge in [0.25, 0.3) is 5.91 Å². The minimum absolute atomic E-state index is 0.0230. The fourth-order valence-electron chi connectivity index (χ4n) is 3.02. The van der Waals surface area contributed by atoms with Crippen LogP contribution in [-0.4, -0.2) is 38.8 Å². The molecule has 3 rings (SSSR count). The first-order chi connectivity index (χ1) is 14.2. The number of carbonyl (C=O) groups is 1. The van der Waals surface area contributed by atoms with Crippen LogP contribution in [0.2, 0.25) is 0 Å². The molecule has 0 radical (unpaired) electrons. The molecule has 2 aromatic rings. The fraction of sp³-hybridized carbons (Fsp3) is 0.304. The van der Waals surface area contributed by atoms with Crippen molar-refractivity contribution in [1.29, 1.82) is 5.26 Å². The minimum atomic E-state index is -0.447. The molecular formula is C23H25N3O3. The Hall–Kier alpha value is -3.30. The van der Waals surface area contributed by atoms with Crippen molar-refractivity contribution in [2.45, 2.75) is 13.3 Å². The van der Waals surface area contributed by atoms with Crippen molar-refractivity contribution in [1.82, 2.24) is 0 Å². The minimum Gasteiger partial charge on any atom is -0.493 e. The molecule has 1 heterocycles. The average Bonchev–Trinajstić information content (AvgIpc) is 2.77. The van der Waals surface area contributed by atoms with Gasteiger partial charge in [-0.1, -0.05) is 25.1 Å². The smallest absolute Gasteiger partial charge is 0.266 e. The second-order valence-corrected chi connectivity index (χ2v) is 6.66. The van der Waals surface area contributed by atoms with Crippen LogP contribution < -0.4 is 15.0 Å². The first-order valence-corrected chi connectivity index (χ1v) is 9.79. The molecule has 1 fully saturated rings. The van der Waals surface area contributed by atoms with Crippen LogP contribution in [0.3, 0.4) is 0 Å². The van der Waals surface area contributed by atoms with Gasteiger partial charge in [0, 0.05) is 30.0 Å². The molecule has 1 aliphatic rings. The van der Waals surface area contributed by atoms with E-state index in [9.17, 15) is 10.1 Å². The number of hydrogen-bond acceptors (Lipinski definition) is 5. The summed E-state index contributed by atoms with van der Waals surface area (Å²) in [5.74, 6) is 0.210. The first kappa shape index (κ1) is 20.4. The van der Waals surface area contributed by atoms with E-state index in [1.165, 1.54) is 0 Å². The summed E-state index contributed by atoms with van der Waals surface area (Å²) in [4.78, 5) is 14.8. The number of benzene rings is 2. The fourth-order valence-corrected chi connectivity index (χ4v) is 3.02. The Morgan fingerprint density at radius 3 is 2.62 bits per heavy atom. The summed E-state index contributed by atoms with van der Waals surface area (Å²) in [6.45, 7) is 5.75. The summed E-state index contributed by atoms with van der Waals surface area (Å²) in [7, 11) is 0. The van der Waals surface area contributed by atoms with E-state index in [2.05, 4.69) is 10.2 Å². The highest BCUT2D eigenvalue weighted by Gasteiger charge is 2.13. The average molecular weight is 391 g/mol. The van der Waals surface area contributed by atoms with Gasteiger partial charge in [-0.25, -0.2) is 0 Å². The van der Waals surface area contributed by atoms with E-state index in [1.54, 1.807) is 6.08 Å². The molecule has 1 amide bonds. The standard InChI is InChI=1S/C23H25N3O3/c1-2-13-29-22-6-4-3-5-18(22)16-19(17-24)23(27)25-20-7-9-21(10-8-20)26-11-14-28-15-12-26/h3-10,16H,2,11-15H2,1H3,(H,25,27)/b19-16+. The predicted molar refractivity (Wildman–Crippen MR) is 114 cm³/mol. The van der Waals surface area contributed by atoms with E-state index < -0.39 is 5.91 Å². The number of anilines is 2. The van der Waals surface area contributed by atoms with Crippen LogP contribution >= 0.6 is 0 Å². The Morgan fingerprint density at radius 2 is 1.93 bits per heavy atom. The number of para-hydroxylation sites is 1. The lowest BCUT2D eigenvalue weighted by Crippen LogP contribution is -2.36. The van der Waals surface area contributed by atoms with Crippen LogP contribution in [0.1, 0.15) is 18.9 Å². The summed E-state index contributed by atoms with van der Waals surface area (Å²) >= 11 is 0. The maximum Gasteiger partial charge on any atom is 0.266 e. The van der Waals surface area contributed by atoms with Crippen LogP contribution in [0.5, 0.6) is 5.75 Å². The lowest BCUT2D eigenvalue weighted by atomic mass is 10.1. The number of hydrogen-bond donors (Lipinski definition) is 1. The number of carbonyl (C=O) groups excluding carboxylic acids is 1. The summed E-state index contributed by atoms with van der Waals surface area (Å²) < 4.78 is 11.1. The largest absolute Gasteiger partial charge is 0.493 e. The van der Waals surface area contributed by atoms with Gasteiger partial charge in [0.2, 0.25) is 0 Å². The van der Waals surface area contributed by atoms with E-state index in [0.29, 0.717) is 23.6 Å². The maximum atomic E-state index is 12.6. The van der Waals surface area contributed by atoms with Crippen molar-refractivity contribution in [3.63, 3.8) is 0 Å². The molecule has 0 atom stereocenters. The van der Waals surface area contributed by atoms with Crippen LogP contribution in [0.25, 0.3) is 6.08 Å². The SMILES string of the molecule is CCCOc1ccccc1/C=C(\C#N)C(=O)Nc1ccc(N2CCOCC2)cc1. The van der Waals surface area contributed by atoms with E-state index in [-0.39, 0.29) is 5.57 Å². The number of ether oxygens (including phenoxy) is 2. The number of nitriles is 1. The van der Waals surface area contributed by atoms with Gasteiger partial charge in [0.05, 0.1) is 19.8 Å². The molecule has 1 aliphatic heterocycles. The summed E-state index contributed by atoms with van der Waals surface area (Å²) in [6.07, 6.45) is 2.44. The van der Waals surface area contributed by atoms with Crippen molar-refractivity contribution in [3.05, 3.63) is 59.7 Å². The Balaban J connectivity index is 1.70.